The highest BCUT2D eigenvalue weighted by Crippen LogP contribution is 2.27. The van der Waals surface area contributed by atoms with Crippen LogP contribution in [0.2, 0.25) is 0 Å². The first-order valence-corrected chi connectivity index (χ1v) is 9.20. The van der Waals surface area contributed by atoms with Gasteiger partial charge in [-0.1, -0.05) is 12.1 Å². The Morgan fingerprint density at radius 1 is 1.28 bits per heavy atom. The van der Waals surface area contributed by atoms with Crippen LogP contribution in [0.15, 0.2) is 23.2 Å². The fraction of sp³-hybridized carbons (Fsp3) is 0.632. The second-order valence-corrected chi connectivity index (χ2v) is 6.61. The summed E-state index contributed by atoms with van der Waals surface area (Å²) in [5.74, 6) is 0.494. The van der Waals surface area contributed by atoms with Gasteiger partial charge in [0, 0.05) is 25.4 Å². The number of nitrogens with zero attached hydrogens (tertiary/aromatic N) is 1. The summed E-state index contributed by atoms with van der Waals surface area (Å²) in [6.45, 7) is 2.97. The van der Waals surface area contributed by atoms with E-state index in [0.29, 0.717) is 31.8 Å². The molecule has 25 heavy (non-hydrogen) atoms. The maximum absolute atomic E-state index is 6.03. The molecule has 0 aromatic heterocycles. The molecule has 6 heteroatoms. The van der Waals surface area contributed by atoms with E-state index in [1.807, 2.05) is 0 Å². The molecule has 1 heterocycles. The van der Waals surface area contributed by atoms with Gasteiger partial charge in [0.05, 0.1) is 12.7 Å². The maximum atomic E-state index is 6.03. The SMILES string of the molecule is I.NC(=NCCCOCC1CCCO1)Nc1cccc2c1CCCC2. The Balaban J connectivity index is 0.00000225. The summed E-state index contributed by atoms with van der Waals surface area (Å²) in [5, 5.41) is 3.27. The van der Waals surface area contributed by atoms with E-state index in [0.717, 1.165) is 38.0 Å². The number of hydrogen-bond donors (Lipinski definition) is 2. The van der Waals surface area contributed by atoms with Crippen molar-refractivity contribution in [2.75, 3.05) is 31.7 Å². The monoisotopic (exact) mass is 459 g/mol. The van der Waals surface area contributed by atoms with Crippen LogP contribution in [0.5, 0.6) is 0 Å². The molecule has 0 spiro atoms. The van der Waals surface area contributed by atoms with E-state index in [4.69, 9.17) is 15.2 Å². The summed E-state index contributed by atoms with van der Waals surface area (Å²) in [4.78, 5) is 4.41. The molecule has 1 aromatic rings. The summed E-state index contributed by atoms with van der Waals surface area (Å²) in [7, 11) is 0. The first kappa shape index (κ1) is 20.5. The molecule has 1 atom stereocenters. The maximum Gasteiger partial charge on any atom is 0.193 e. The average molecular weight is 459 g/mol. The molecule has 0 saturated carbocycles. The lowest BCUT2D eigenvalue weighted by atomic mass is 9.90. The van der Waals surface area contributed by atoms with Crippen molar-refractivity contribution in [2.24, 2.45) is 10.7 Å². The van der Waals surface area contributed by atoms with Crippen molar-refractivity contribution >= 4 is 35.6 Å². The number of benzene rings is 1. The highest BCUT2D eigenvalue weighted by atomic mass is 127. The zero-order valence-electron chi connectivity index (χ0n) is 14.8. The van der Waals surface area contributed by atoms with Crippen molar-refractivity contribution in [3.63, 3.8) is 0 Å². The van der Waals surface area contributed by atoms with Crippen LogP contribution in [0.3, 0.4) is 0 Å². The predicted molar refractivity (Wildman–Crippen MR) is 113 cm³/mol. The van der Waals surface area contributed by atoms with Crippen LogP contribution in [0.4, 0.5) is 5.69 Å². The zero-order chi connectivity index (χ0) is 16.6. The van der Waals surface area contributed by atoms with Gasteiger partial charge in [0.2, 0.25) is 0 Å². The first-order valence-electron chi connectivity index (χ1n) is 9.20. The van der Waals surface area contributed by atoms with E-state index < -0.39 is 0 Å². The fourth-order valence-electron chi connectivity index (χ4n) is 3.43. The van der Waals surface area contributed by atoms with E-state index in [1.165, 1.54) is 30.4 Å². The molecule has 2 aliphatic rings. The second kappa shape index (κ2) is 11.0. The number of guanidine groups is 1. The van der Waals surface area contributed by atoms with Crippen molar-refractivity contribution in [1.82, 2.24) is 0 Å². The Bertz CT molecular complexity index is 560. The van der Waals surface area contributed by atoms with Crippen LogP contribution in [-0.4, -0.2) is 38.4 Å². The largest absolute Gasteiger partial charge is 0.379 e. The molecule has 3 rings (SSSR count). The lowest BCUT2D eigenvalue weighted by Crippen LogP contribution is -2.24. The van der Waals surface area contributed by atoms with Gasteiger partial charge in [0.1, 0.15) is 0 Å². The number of fused-ring (bicyclic) bond motifs is 1. The van der Waals surface area contributed by atoms with Crippen molar-refractivity contribution in [3.05, 3.63) is 29.3 Å². The van der Waals surface area contributed by atoms with Crippen LogP contribution in [0.1, 0.15) is 43.2 Å². The van der Waals surface area contributed by atoms with Crippen LogP contribution >= 0.6 is 24.0 Å². The minimum absolute atomic E-state index is 0. The number of hydrogen-bond acceptors (Lipinski definition) is 3. The van der Waals surface area contributed by atoms with E-state index in [2.05, 4.69) is 28.5 Å². The summed E-state index contributed by atoms with van der Waals surface area (Å²) < 4.78 is 11.2. The van der Waals surface area contributed by atoms with E-state index in [9.17, 15) is 0 Å². The minimum Gasteiger partial charge on any atom is -0.379 e. The quantitative estimate of drug-likeness (QED) is 0.284. The second-order valence-electron chi connectivity index (χ2n) is 6.61. The third kappa shape index (κ3) is 6.42. The lowest BCUT2D eigenvalue weighted by molar-refractivity contribution is 0.0171. The molecule has 1 aliphatic heterocycles. The predicted octanol–water partition coefficient (Wildman–Crippen LogP) is 3.50. The van der Waals surface area contributed by atoms with Gasteiger partial charge >= 0.3 is 0 Å². The molecule has 3 N–H and O–H groups in total. The number of aliphatic imine (C=N–C) groups is 1. The van der Waals surface area contributed by atoms with Gasteiger partial charge in [-0.3, -0.25) is 4.99 Å². The summed E-state index contributed by atoms with van der Waals surface area (Å²) in [6, 6.07) is 6.41. The Morgan fingerprint density at radius 3 is 3.00 bits per heavy atom. The molecule has 0 radical (unpaired) electrons. The molecule has 1 unspecified atom stereocenters. The van der Waals surface area contributed by atoms with E-state index >= 15 is 0 Å². The third-order valence-electron chi connectivity index (χ3n) is 4.72. The first-order chi connectivity index (χ1) is 11.8. The van der Waals surface area contributed by atoms with E-state index in [-0.39, 0.29) is 24.0 Å². The molecule has 140 valence electrons. The highest BCUT2D eigenvalue weighted by molar-refractivity contribution is 14.0. The van der Waals surface area contributed by atoms with Crippen LogP contribution in [-0.2, 0) is 22.3 Å². The molecular weight excluding hydrogens is 429 g/mol. The fourth-order valence-corrected chi connectivity index (χ4v) is 3.43. The van der Waals surface area contributed by atoms with Crippen LogP contribution in [0, 0.1) is 0 Å². The van der Waals surface area contributed by atoms with Crippen molar-refractivity contribution in [3.8, 4) is 0 Å². The molecule has 0 amide bonds. The van der Waals surface area contributed by atoms with Gasteiger partial charge in [-0.15, -0.1) is 24.0 Å². The number of aryl methyl sites for hydroxylation is 1. The number of nitrogens with one attached hydrogen (secondary N) is 1. The van der Waals surface area contributed by atoms with Crippen LogP contribution < -0.4 is 11.1 Å². The van der Waals surface area contributed by atoms with Gasteiger partial charge < -0.3 is 20.5 Å². The number of ether oxygens (including phenoxy) is 2. The number of anilines is 1. The van der Waals surface area contributed by atoms with Gasteiger partial charge in [0.15, 0.2) is 5.96 Å². The van der Waals surface area contributed by atoms with E-state index in [1.54, 1.807) is 0 Å². The summed E-state index contributed by atoms with van der Waals surface area (Å²) in [5.41, 5.74) is 10.00. The van der Waals surface area contributed by atoms with Gasteiger partial charge in [-0.2, -0.15) is 0 Å². The van der Waals surface area contributed by atoms with Gasteiger partial charge in [0.25, 0.3) is 0 Å². The molecular formula is C19H30IN3O2. The Labute approximate surface area is 167 Å². The topological polar surface area (TPSA) is 68.9 Å². The molecule has 1 aliphatic carbocycles. The molecule has 1 fully saturated rings. The average Bonchev–Trinajstić information content (AvgIpc) is 3.12. The van der Waals surface area contributed by atoms with Crippen LogP contribution in [0.25, 0.3) is 0 Å². The molecule has 0 bridgehead atoms. The van der Waals surface area contributed by atoms with Gasteiger partial charge in [-0.25, -0.2) is 0 Å². The summed E-state index contributed by atoms with van der Waals surface area (Å²) in [6.07, 6.45) is 8.29. The molecule has 1 aromatic carbocycles. The number of nitrogens with two attached hydrogens (primary N) is 1. The molecule has 5 nitrogen and oxygen atoms in total. The standard InChI is InChI=1S/C19H29N3O2.HI/c20-19(21-11-5-12-23-14-16-8-4-13-24-16)22-18-10-3-7-15-6-1-2-9-17(15)18;/h3,7,10,16H,1-2,4-6,8-9,11-14H2,(H3,20,21,22);1H. The third-order valence-corrected chi connectivity index (χ3v) is 4.72. The summed E-state index contributed by atoms with van der Waals surface area (Å²) >= 11 is 0. The number of halogens is 1. The Kier molecular flexibility index (Phi) is 8.98. The Hall–Kier alpha value is -0.860. The van der Waals surface area contributed by atoms with Crippen molar-refractivity contribution in [1.29, 1.82) is 0 Å². The smallest absolute Gasteiger partial charge is 0.193 e. The van der Waals surface area contributed by atoms with Gasteiger partial charge in [-0.05, 0) is 62.1 Å². The van der Waals surface area contributed by atoms with Crippen molar-refractivity contribution < 1.29 is 9.47 Å². The normalized spacial score (nSPS) is 20.0. The Morgan fingerprint density at radius 2 is 2.16 bits per heavy atom. The highest BCUT2D eigenvalue weighted by Gasteiger charge is 2.15. The lowest BCUT2D eigenvalue weighted by Gasteiger charge is -2.19. The van der Waals surface area contributed by atoms with Crippen molar-refractivity contribution in [2.45, 2.75) is 51.0 Å². The molecule has 1 saturated heterocycles. The zero-order valence-corrected chi connectivity index (χ0v) is 17.2. The number of rotatable bonds is 7. The minimum atomic E-state index is 0.